The normalized spacial score (nSPS) is 15.3. The number of hydrogen-bond acceptors (Lipinski definition) is 7. The fourth-order valence-corrected chi connectivity index (χ4v) is 14.1. The van der Waals surface area contributed by atoms with Crippen LogP contribution in [0.3, 0.4) is 0 Å². The molecule has 0 aliphatic carbocycles. The number of unbranched alkanes of at least 4 members (excludes halogenated alkanes) is 1. The van der Waals surface area contributed by atoms with Crippen molar-refractivity contribution in [2.24, 2.45) is 0 Å². The molecule has 0 spiro atoms. The summed E-state index contributed by atoms with van der Waals surface area (Å²) in [5.74, 6) is 0.835. The fraction of sp³-hybridized carbons (Fsp3) is 0.304. The maximum Gasteiger partial charge on any atom is 0.356 e. The number of carbonyl (C=O) groups excluding carboxylic acids is 1. The molecule has 0 unspecified atom stereocenters. The molecule has 284 valence electrons. The molecule has 0 radical (unpaired) electrons. The SMILES string of the molecule is CCCC[S@@+]([O-])N1Cc2cc(C(=O)OCC)nc(-c3cccc(-c4cc5ccccc5o4)c3)c2[C@H]1CCO[Si](c1ccccc1)(c1ccccc1)C(C)(C)C. The predicted molar refractivity (Wildman–Crippen MR) is 225 cm³/mol. The second-order valence-electron chi connectivity index (χ2n) is 15.1. The maximum atomic E-state index is 14.2. The van der Waals surface area contributed by atoms with Crippen molar-refractivity contribution in [2.45, 2.75) is 71.5 Å². The summed E-state index contributed by atoms with van der Waals surface area (Å²) in [5.41, 5.74) is 5.40. The Morgan fingerprint density at radius 2 is 1.56 bits per heavy atom. The van der Waals surface area contributed by atoms with Crippen molar-refractivity contribution in [3.05, 3.63) is 138 Å². The summed E-state index contributed by atoms with van der Waals surface area (Å²) >= 11 is -1.26. The van der Waals surface area contributed by atoms with Gasteiger partial charge in [-0.1, -0.05) is 131 Å². The molecule has 0 N–H and O–H groups in total. The van der Waals surface area contributed by atoms with Gasteiger partial charge in [0.05, 0.1) is 24.9 Å². The summed E-state index contributed by atoms with van der Waals surface area (Å²) in [6.07, 6.45) is 2.39. The third kappa shape index (κ3) is 7.82. The predicted octanol–water partition coefficient (Wildman–Crippen LogP) is 9.63. The lowest BCUT2D eigenvalue weighted by molar-refractivity contribution is 0.0519. The van der Waals surface area contributed by atoms with E-state index in [0.717, 1.165) is 51.8 Å². The Labute approximate surface area is 329 Å². The monoisotopic (exact) mass is 770 g/mol. The molecular formula is C46H50N2O5SSi. The number of para-hydroxylation sites is 1. The van der Waals surface area contributed by atoms with Crippen molar-refractivity contribution >= 4 is 47.0 Å². The first-order valence-electron chi connectivity index (χ1n) is 19.3. The van der Waals surface area contributed by atoms with Crippen LogP contribution in [0.25, 0.3) is 33.6 Å². The topological polar surface area (TPSA) is 87.9 Å². The van der Waals surface area contributed by atoms with Gasteiger partial charge in [0.15, 0.2) is 0 Å². The molecule has 0 fully saturated rings. The number of rotatable bonds is 14. The van der Waals surface area contributed by atoms with Gasteiger partial charge in [0, 0.05) is 40.0 Å². The molecule has 6 aromatic rings. The number of aromatic nitrogens is 1. The van der Waals surface area contributed by atoms with Gasteiger partial charge in [0.25, 0.3) is 8.32 Å². The van der Waals surface area contributed by atoms with Crippen LogP contribution in [0, 0.1) is 0 Å². The van der Waals surface area contributed by atoms with Crippen LogP contribution in [-0.4, -0.2) is 47.1 Å². The number of benzene rings is 4. The highest BCUT2D eigenvalue weighted by atomic mass is 32.2. The van der Waals surface area contributed by atoms with Gasteiger partial charge in [-0.15, -0.1) is 4.31 Å². The molecule has 7 nitrogen and oxygen atoms in total. The minimum atomic E-state index is -2.83. The van der Waals surface area contributed by atoms with E-state index in [9.17, 15) is 9.35 Å². The minimum absolute atomic E-state index is 0.189. The first kappa shape index (κ1) is 38.7. The minimum Gasteiger partial charge on any atom is -0.598 e. The van der Waals surface area contributed by atoms with Crippen LogP contribution in [-0.2, 0) is 27.1 Å². The molecule has 0 bridgehead atoms. The van der Waals surface area contributed by atoms with Crippen molar-refractivity contribution in [1.82, 2.24) is 9.29 Å². The van der Waals surface area contributed by atoms with Gasteiger partial charge in [0.1, 0.15) is 22.8 Å². The Bertz CT molecular complexity index is 2160. The van der Waals surface area contributed by atoms with Crippen LogP contribution < -0.4 is 10.4 Å². The molecule has 9 heteroatoms. The lowest BCUT2D eigenvalue weighted by Crippen LogP contribution is -2.66. The van der Waals surface area contributed by atoms with Crippen LogP contribution in [0.4, 0.5) is 0 Å². The smallest absolute Gasteiger partial charge is 0.356 e. The number of hydrogen-bond donors (Lipinski definition) is 0. The van der Waals surface area contributed by atoms with Gasteiger partial charge in [0.2, 0.25) is 0 Å². The number of carbonyl (C=O) groups is 1. The van der Waals surface area contributed by atoms with Crippen molar-refractivity contribution in [1.29, 1.82) is 0 Å². The van der Waals surface area contributed by atoms with Crippen molar-refractivity contribution in [3.63, 3.8) is 0 Å². The van der Waals surface area contributed by atoms with Gasteiger partial charge in [-0.05, 0) is 65.0 Å². The van der Waals surface area contributed by atoms with Gasteiger partial charge < -0.3 is 18.1 Å². The molecular weight excluding hydrogens is 721 g/mol. The third-order valence-corrected chi connectivity index (χ3v) is 17.1. The highest BCUT2D eigenvalue weighted by Crippen LogP contribution is 2.45. The number of furan rings is 1. The molecule has 2 aromatic heterocycles. The summed E-state index contributed by atoms with van der Waals surface area (Å²) < 4.78 is 35.5. The van der Waals surface area contributed by atoms with Crippen LogP contribution in [0.1, 0.15) is 81.5 Å². The van der Waals surface area contributed by atoms with Gasteiger partial charge in [-0.25, -0.2) is 9.78 Å². The van der Waals surface area contributed by atoms with Crippen LogP contribution in [0.5, 0.6) is 0 Å². The number of ether oxygens (including phenoxy) is 1. The number of esters is 1. The van der Waals surface area contributed by atoms with E-state index in [4.69, 9.17) is 18.6 Å². The van der Waals surface area contributed by atoms with Gasteiger partial charge in [-0.3, -0.25) is 0 Å². The Morgan fingerprint density at radius 1 is 0.891 bits per heavy atom. The maximum absolute atomic E-state index is 14.2. The van der Waals surface area contributed by atoms with E-state index >= 15 is 0 Å². The number of nitrogens with zero attached hydrogens (tertiary/aromatic N) is 2. The Morgan fingerprint density at radius 3 is 2.22 bits per heavy atom. The fourth-order valence-electron chi connectivity index (χ4n) is 7.98. The van der Waals surface area contributed by atoms with E-state index in [2.05, 4.69) is 98.7 Å². The molecule has 1 aliphatic rings. The van der Waals surface area contributed by atoms with Crippen LogP contribution >= 0.6 is 0 Å². The molecule has 4 aromatic carbocycles. The van der Waals surface area contributed by atoms with Crippen LogP contribution in [0.15, 0.2) is 126 Å². The van der Waals surface area contributed by atoms with E-state index in [1.165, 1.54) is 10.4 Å². The first-order valence-corrected chi connectivity index (χ1v) is 22.5. The molecule has 2 atom stereocenters. The lowest BCUT2D eigenvalue weighted by Gasteiger charge is -2.43. The number of pyridine rings is 1. The quantitative estimate of drug-likeness (QED) is 0.0620. The molecule has 1 aliphatic heterocycles. The first-order chi connectivity index (χ1) is 26.6. The Hall–Kier alpha value is -4.51. The number of fused-ring (bicyclic) bond motifs is 2. The highest BCUT2D eigenvalue weighted by molar-refractivity contribution is 7.89. The van der Waals surface area contributed by atoms with E-state index in [0.29, 0.717) is 31.0 Å². The molecule has 0 amide bonds. The van der Waals surface area contributed by atoms with Crippen LogP contribution in [0.2, 0.25) is 5.04 Å². The average Bonchev–Trinajstić information content (AvgIpc) is 3.81. The Balaban J connectivity index is 1.33. The zero-order valence-electron chi connectivity index (χ0n) is 32.4. The summed E-state index contributed by atoms with van der Waals surface area (Å²) in [5, 5.41) is 3.27. The van der Waals surface area contributed by atoms with Crippen molar-refractivity contribution < 1.29 is 22.9 Å². The van der Waals surface area contributed by atoms with Crippen molar-refractivity contribution in [2.75, 3.05) is 19.0 Å². The van der Waals surface area contributed by atoms with Crippen molar-refractivity contribution in [3.8, 4) is 22.6 Å². The third-order valence-electron chi connectivity index (χ3n) is 10.5. The highest BCUT2D eigenvalue weighted by Gasteiger charge is 2.50. The average molecular weight is 771 g/mol. The van der Waals surface area contributed by atoms with E-state index < -0.39 is 25.6 Å². The molecule has 0 saturated carbocycles. The summed E-state index contributed by atoms with van der Waals surface area (Å²) in [4.78, 5) is 18.4. The standard InChI is InChI=1S/C46H50N2O5SSi/c1-6-8-28-54(50)48-32-36-30-39(45(49)51-7-2)47-44(35-20-17-19-33(29-35)42-31-34-18-15-16-25-41(34)53-42)43(36)40(48)26-27-52-55(46(3,4)5,37-21-11-9-12-22-37)38-23-13-10-14-24-38/h9-25,29-31,40H,6-8,26-28,32H2,1-5H3/t40-,54-/m1/s1. The van der Waals surface area contributed by atoms with Gasteiger partial charge >= 0.3 is 5.97 Å². The molecule has 0 saturated heterocycles. The second-order valence-corrected chi connectivity index (χ2v) is 21.0. The summed E-state index contributed by atoms with van der Waals surface area (Å²) in [6, 6.07) is 41.0. The molecule has 3 heterocycles. The lowest BCUT2D eigenvalue weighted by atomic mass is 9.95. The summed E-state index contributed by atoms with van der Waals surface area (Å²) in [7, 11) is -2.83. The second kappa shape index (κ2) is 16.7. The summed E-state index contributed by atoms with van der Waals surface area (Å²) in [6.45, 7) is 11.9. The van der Waals surface area contributed by atoms with E-state index in [1.54, 1.807) is 6.92 Å². The van der Waals surface area contributed by atoms with E-state index in [-0.39, 0.29) is 23.4 Å². The zero-order chi connectivity index (χ0) is 38.6. The molecule has 55 heavy (non-hydrogen) atoms. The van der Waals surface area contributed by atoms with E-state index in [1.807, 2.05) is 54.6 Å². The largest absolute Gasteiger partial charge is 0.598 e. The van der Waals surface area contributed by atoms with Gasteiger partial charge in [-0.2, -0.15) is 0 Å². The zero-order valence-corrected chi connectivity index (χ0v) is 34.2. The Kier molecular flexibility index (Phi) is 11.8. The molecule has 7 rings (SSSR count).